The molecule has 1 rings (SSSR count). The average molecular weight is 297 g/mol. The molecule has 0 radical (unpaired) electrons. The van der Waals surface area contributed by atoms with E-state index in [1.54, 1.807) is 0 Å². The lowest BCUT2D eigenvalue weighted by Gasteiger charge is -2.14. The molecule has 6 heteroatoms. The van der Waals surface area contributed by atoms with E-state index in [4.69, 9.17) is 0 Å². The number of carbonyl (C=O) groups excluding carboxylic acids is 1. The lowest BCUT2D eigenvalue weighted by atomic mass is 10.1. The van der Waals surface area contributed by atoms with Crippen LogP contribution in [0.5, 0.6) is 0 Å². The molecule has 88 valence electrons. The van der Waals surface area contributed by atoms with Crippen molar-refractivity contribution in [3.8, 4) is 0 Å². The topological polar surface area (TPSA) is 26.3 Å². The van der Waals surface area contributed by atoms with Crippen molar-refractivity contribution in [1.29, 1.82) is 0 Å². The Morgan fingerprint density at radius 3 is 2.19 bits per heavy atom. The predicted molar refractivity (Wildman–Crippen MR) is 55.5 cm³/mol. The Balaban J connectivity index is 2.91. The van der Waals surface area contributed by atoms with Gasteiger partial charge in [-0.05, 0) is 17.7 Å². The quantitative estimate of drug-likeness (QED) is 0.617. The van der Waals surface area contributed by atoms with Crippen LogP contribution in [0.1, 0.15) is 20.7 Å². The first-order valence-corrected chi connectivity index (χ1v) is 5.17. The molecule has 2 nitrogen and oxygen atoms in total. The zero-order valence-corrected chi connectivity index (χ0v) is 9.80. The van der Waals surface area contributed by atoms with Crippen molar-refractivity contribution in [1.82, 2.24) is 0 Å². The monoisotopic (exact) mass is 296 g/mol. The summed E-state index contributed by atoms with van der Waals surface area (Å²) in [7, 11) is 1.21. The van der Waals surface area contributed by atoms with Gasteiger partial charge in [0.1, 0.15) is 4.83 Å². The van der Waals surface area contributed by atoms with Gasteiger partial charge in [-0.15, -0.1) is 0 Å². The van der Waals surface area contributed by atoms with Gasteiger partial charge in [-0.2, -0.15) is 13.2 Å². The van der Waals surface area contributed by atoms with E-state index in [1.165, 1.54) is 31.4 Å². The van der Waals surface area contributed by atoms with Crippen LogP contribution in [0.4, 0.5) is 13.2 Å². The molecule has 1 atom stereocenters. The fourth-order valence-corrected chi connectivity index (χ4v) is 1.40. The van der Waals surface area contributed by atoms with E-state index in [1.807, 2.05) is 0 Å². The Morgan fingerprint density at radius 2 is 1.81 bits per heavy atom. The van der Waals surface area contributed by atoms with Gasteiger partial charge in [0.2, 0.25) is 0 Å². The minimum atomic E-state index is -4.35. The lowest BCUT2D eigenvalue weighted by molar-refractivity contribution is -0.128. The smallest absolute Gasteiger partial charge is 0.405 e. The van der Waals surface area contributed by atoms with Crippen molar-refractivity contribution in [2.75, 3.05) is 7.11 Å². The molecule has 1 aromatic rings. The van der Waals surface area contributed by atoms with Crippen molar-refractivity contribution in [3.63, 3.8) is 0 Å². The number of rotatable bonds is 2. The zero-order valence-electron chi connectivity index (χ0n) is 8.22. The third-order valence-corrected chi connectivity index (χ3v) is 2.96. The van der Waals surface area contributed by atoms with Crippen molar-refractivity contribution in [2.24, 2.45) is 0 Å². The number of esters is 1. The van der Waals surface area contributed by atoms with Gasteiger partial charge in [0.15, 0.2) is 0 Å². The zero-order chi connectivity index (χ0) is 12.3. The average Bonchev–Trinajstić information content (AvgIpc) is 2.26. The van der Waals surface area contributed by atoms with Crippen LogP contribution in [0.2, 0.25) is 0 Å². The summed E-state index contributed by atoms with van der Waals surface area (Å²) in [5, 5.41) is 0. The van der Waals surface area contributed by atoms with Gasteiger partial charge in [-0.1, -0.05) is 28.1 Å². The number of carbonyl (C=O) groups is 1. The highest BCUT2D eigenvalue weighted by molar-refractivity contribution is 9.09. The largest absolute Gasteiger partial charge is 0.465 e. The molecule has 16 heavy (non-hydrogen) atoms. The van der Waals surface area contributed by atoms with Gasteiger partial charge in [-0.3, -0.25) is 0 Å². The first-order valence-electron chi connectivity index (χ1n) is 4.25. The summed E-state index contributed by atoms with van der Waals surface area (Å²) in [6.07, 6.45) is -4.35. The molecular formula is C10H8BrF3O2. The molecular weight excluding hydrogens is 289 g/mol. The summed E-state index contributed by atoms with van der Waals surface area (Å²) in [5.74, 6) is -0.579. The Bertz CT molecular complexity index is 373. The second kappa shape index (κ2) is 4.86. The van der Waals surface area contributed by atoms with E-state index < -0.39 is 17.0 Å². The molecule has 0 aliphatic rings. The van der Waals surface area contributed by atoms with Crippen LogP contribution in [0.25, 0.3) is 0 Å². The number of hydrogen-bond donors (Lipinski definition) is 0. The van der Waals surface area contributed by atoms with Crippen molar-refractivity contribution in [2.45, 2.75) is 11.0 Å². The van der Waals surface area contributed by atoms with Gasteiger partial charge in [0.25, 0.3) is 0 Å². The molecule has 0 bridgehead atoms. The van der Waals surface area contributed by atoms with Crippen LogP contribution >= 0.6 is 15.9 Å². The van der Waals surface area contributed by atoms with E-state index in [-0.39, 0.29) is 11.1 Å². The van der Waals surface area contributed by atoms with E-state index >= 15 is 0 Å². The molecule has 0 saturated heterocycles. The molecule has 0 spiro atoms. The Hall–Kier alpha value is -1.04. The summed E-state index contributed by atoms with van der Waals surface area (Å²) in [6, 6.07) is 5.06. The van der Waals surface area contributed by atoms with E-state index in [0.717, 1.165) is 0 Å². The first kappa shape index (κ1) is 13.0. The summed E-state index contributed by atoms with van der Waals surface area (Å²) in [6.45, 7) is 0. The highest BCUT2D eigenvalue weighted by Gasteiger charge is 2.38. The van der Waals surface area contributed by atoms with Crippen LogP contribution in [0.15, 0.2) is 24.3 Å². The minimum Gasteiger partial charge on any atom is -0.465 e. The van der Waals surface area contributed by atoms with Gasteiger partial charge in [-0.25, -0.2) is 4.79 Å². The molecule has 0 aliphatic heterocycles. The number of hydrogen-bond acceptors (Lipinski definition) is 2. The highest BCUT2D eigenvalue weighted by Crippen LogP contribution is 2.39. The maximum absolute atomic E-state index is 12.3. The van der Waals surface area contributed by atoms with Crippen LogP contribution in [-0.4, -0.2) is 19.3 Å². The Labute approximate surface area is 98.5 Å². The summed E-state index contributed by atoms with van der Waals surface area (Å²) in [4.78, 5) is 9.31. The van der Waals surface area contributed by atoms with E-state index in [0.29, 0.717) is 0 Å². The number of halogens is 4. The molecule has 0 aromatic heterocycles. The molecule has 0 N–H and O–H groups in total. The van der Waals surface area contributed by atoms with Gasteiger partial charge in [0.05, 0.1) is 12.7 Å². The van der Waals surface area contributed by atoms with Crippen LogP contribution in [0, 0.1) is 0 Å². The second-order valence-electron chi connectivity index (χ2n) is 3.02. The van der Waals surface area contributed by atoms with Crippen LogP contribution in [0.3, 0.4) is 0 Å². The van der Waals surface area contributed by atoms with Crippen LogP contribution in [-0.2, 0) is 4.74 Å². The molecule has 0 amide bonds. The second-order valence-corrected chi connectivity index (χ2v) is 3.93. The summed E-state index contributed by atoms with van der Waals surface area (Å²) in [5.41, 5.74) is 0.258. The number of methoxy groups -OCH3 is 1. The van der Waals surface area contributed by atoms with Gasteiger partial charge >= 0.3 is 12.1 Å². The Morgan fingerprint density at radius 1 is 1.31 bits per heavy atom. The molecule has 0 aliphatic carbocycles. The highest BCUT2D eigenvalue weighted by atomic mass is 79.9. The minimum absolute atomic E-state index is 0.0418. The molecule has 1 aromatic carbocycles. The number of ether oxygens (including phenoxy) is 1. The van der Waals surface area contributed by atoms with Crippen molar-refractivity contribution in [3.05, 3.63) is 35.4 Å². The SMILES string of the molecule is COC(=O)c1ccc(C(Br)C(F)(F)F)cc1. The normalized spacial score (nSPS) is 13.3. The molecule has 0 saturated carbocycles. The van der Waals surface area contributed by atoms with Crippen molar-refractivity contribution < 1.29 is 22.7 Å². The van der Waals surface area contributed by atoms with Crippen molar-refractivity contribution >= 4 is 21.9 Å². The first-order chi connectivity index (χ1) is 7.36. The molecule has 0 fully saturated rings. The standard InChI is InChI=1S/C10H8BrF3O2/c1-16-9(15)7-4-2-6(3-5-7)8(11)10(12,13)14/h2-5,8H,1H3. The van der Waals surface area contributed by atoms with Gasteiger partial charge in [0, 0.05) is 0 Å². The fraction of sp³-hybridized carbons (Fsp3) is 0.300. The fourth-order valence-electron chi connectivity index (χ4n) is 1.10. The van der Waals surface area contributed by atoms with E-state index in [9.17, 15) is 18.0 Å². The number of alkyl halides is 4. The number of benzene rings is 1. The molecule has 0 heterocycles. The maximum Gasteiger partial charge on any atom is 0.405 e. The summed E-state index contributed by atoms with van der Waals surface area (Å²) < 4.78 is 41.4. The third kappa shape index (κ3) is 2.98. The van der Waals surface area contributed by atoms with Gasteiger partial charge < -0.3 is 4.74 Å². The Kier molecular flexibility index (Phi) is 3.96. The molecule has 1 unspecified atom stereocenters. The van der Waals surface area contributed by atoms with E-state index in [2.05, 4.69) is 20.7 Å². The van der Waals surface area contributed by atoms with Crippen LogP contribution < -0.4 is 0 Å². The maximum atomic E-state index is 12.3. The lowest BCUT2D eigenvalue weighted by Crippen LogP contribution is -2.15. The third-order valence-electron chi connectivity index (χ3n) is 1.91. The summed E-state index contributed by atoms with van der Waals surface area (Å²) >= 11 is 2.54. The predicted octanol–water partition coefficient (Wildman–Crippen LogP) is 3.47.